The maximum atomic E-state index is 2.37. The van der Waals surface area contributed by atoms with Gasteiger partial charge in [0.25, 0.3) is 0 Å². The first-order valence-electron chi connectivity index (χ1n) is 8.84. The van der Waals surface area contributed by atoms with Crippen molar-refractivity contribution in [3.8, 4) is 0 Å². The Kier molecular flexibility index (Phi) is 4.19. The van der Waals surface area contributed by atoms with Gasteiger partial charge in [-0.25, -0.2) is 0 Å². The van der Waals surface area contributed by atoms with E-state index in [2.05, 4.69) is 37.3 Å². The SMILES string of the molecule is CCCCCCC12CCC(c3ccccc3)(CC1)CC2. The maximum absolute atomic E-state index is 2.37. The van der Waals surface area contributed by atoms with Gasteiger partial charge in [0, 0.05) is 0 Å². The molecule has 0 heterocycles. The molecule has 0 N–H and O–H groups in total. The highest BCUT2D eigenvalue weighted by Gasteiger charge is 2.48. The minimum absolute atomic E-state index is 0.548. The van der Waals surface area contributed by atoms with Gasteiger partial charge in [0.2, 0.25) is 0 Å². The molecule has 0 saturated heterocycles. The first-order chi connectivity index (χ1) is 9.79. The second-order valence-corrected chi connectivity index (χ2v) is 7.46. The van der Waals surface area contributed by atoms with Crippen molar-refractivity contribution in [1.82, 2.24) is 0 Å². The molecule has 3 aliphatic carbocycles. The number of hydrogen-bond donors (Lipinski definition) is 0. The van der Waals surface area contributed by atoms with E-state index in [0.717, 1.165) is 5.41 Å². The highest BCUT2D eigenvalue weighted by Crippen LogP contribution is 2.59. The molecule has 3 saturated carbocycles. The molecule has 0 spiro atoms. The Morgan fingerprint density at radius 3 is 2.05 bits per heavy atom. The average Bonchev–Trinajstić information content (AvgIpc) is 2.54. The smallest absolute Gasteiger partial charge is 0.00464 e. The van der Waals surface area contributed by atoms with Gasteiger partial charge in [0.1, 0.15) is 0 Å². The van der Waals surface area contributed by atoms with Crippen LogP contribution in [0.1, 0.15) is 83.1 Å². The number of rotatable bonds is 6. The minimum atomic E-state index is 0.548. The normalized spacial score (nSPS) is 32.5. The molecule has 20 heavy (non-hydrogen) atoms. The van der Waals surface area contributed by atoms with Gasteiger partial charge in [-0.05, 0) is 61.3 Å². The van der Waals surface area contributed by atoms with Crippen LogP contribution in [0.4, 0.5) is 0 Å². The fraction of sp³-hybridized carbons (Fsp3) is 0.700. The third kappa shape index (κ3) is 2.67. The topological polar surface area (TPSA) is 0 Å². The van der Waals surface area contributed by atoms with Crippen molar-refractivity contribution >= 4 is 0 Å². The Labute approximate surface area is 125 Å². The van der Waals surface area contributed by atoms with Gasteiger partial charge in [-0.15, -0.1) is 0 Å². The summed E-state index contributed by atoms with van der Waals surface area (Å²) < 4.78 is 0. The van der Waals surface area contributed by atoms with Crippen LogP contribution in [0.3, 0.4) is 0 Å². The average molecular weight is 270 g/mol. The van der Waals surface area contributed by atoms with Crippen molar-refractivity contribution in [2.45, 2.75) is 83.0 Å². The van der Waals surface area contributed by atoms with Crippen LogP contribution < -0.4 is 0 Å². The van der Waals surface area contributed by atoms with E-state index in [0.29, 0.717) is 5.41 Å². The molecule has 0 amide bonds. The lowest BCUT2D eigenvalue weighted by Crippen LogP contribution is -2.44. The Hall–Kier alpha value is -0.780. The Balaban J connectivity index is 1.61. The highest BCUT2D eigenvalue weighted by molar-refractivity contribution is 5.28. The van der Waals surface area contributed by atoms with Gasteiger partial charge >= 0.3 is 0 Å². The molecule has 0 heteroatoms. The summed E-state index contributed by atoms with van der Waals surface area (Å²) in [6, 6.07) is 11.4. The van der Waals surface area contributed by atoms with Crippen molar-refractivity contribution in [3.05, 3.63) is 35.9 Å². The van der Waals surface area contributed by atoms with Gasteiger partial charge in [-0.1, -0.05) is 62.9 Å². The zero-order valence-electron chi connectivity index (χ0n) is 13.2. The largest absolute Gasteiger partial charge is 0.0654 e. The van der Waals surface area contributed by atoms with E-state index in [9.17, 15) is 0 Å². The van der Waals surface area contributed by atoms with Gasteiger partial charge in [0.05, 0.1) is 0 Å². The first-order valence-corrected chi connectivity index (χ1v) is 8.84. The predicted molar refractivity (Wildman–Crippen MR) is 87.0 cm³/mol. The van der Waals surface area contributed by atoms with Crippen LogP contribution in [0.5, 0.6) is 0 Å². The molecule has 3 aliphatic rings. The fourth-order valence-electron chi connectivity index (χ4n) is 4.79. The molecule has 0 radical (unpaired) electrons. The predicted octanol–water partition coefficient (Wildman–Crippen LogP) is 6.25. The zero-order valence-corrected chi connectivity index (χ0v) is 13.2. The lowest BCUT2D eigenvalue weighted by Gasteiger charge is -2.54. The molecule has 0 unspecified atom stereocenters. The summed E-state index contributed by atoms with van der Waals surface area (Å²) in [5.74, 6) is 0. The molecule has 2 bridgehead atoms. The van der Waals surface area contributed by atoms with E-state index in [1.165, 1.54) is 70.6 Å². The number of benzene rings is 1. The third-order valence-corrected chi connectivity index (χ3v) is 6.35. The van der Waals surface area contributed by atoms with E-state index in [1.54, 1.807) is 5.56 Å². The van der Waals surface area contributed by atoms with E-state index in [1.807, 2.05) is 0 Å². The van der Waals surface area contributed by atoms with Crippen LogP contribution in [0.25, 0.3) is 0 Å². The molecule has 4 rings (SSSR count). The van der Waals surface area contributed by atoms with Crippen molar-refractivity contribution in [1.29, 1.82) is 0 Å². The second kappa shape index (κ2) is 5.92. The van der Waals surface area contributed by atoms with Crippen molar-refractivity contribution in [2.24, 2.45) is 5.41 Å². The Bertz CT molecular complexity index is 392. The molecule has 3 fully saturated rings. The van der Waals surface area contributed by atoms with Gasteiger partial charge in [0.15, 0.2) is 0 Å². The van der Waals surface area contributed by atoms with Crippen molar-refractivity contribution in [3.63, 3.8) is 0 Å². The number of unbranched alkanes of at least 4 members (excludes halogenated alkanes) is 3. The summed E-state index contributed by atoms with van der Waals surface area (Å²) in [7, 11) is 0. The fourth-order valence-corrected chi connectivity index (χ4v) is 4.79. The Morgan fingerprint density at radius 2 is 1.45 bits per heavy atom. The van der Waals surface area contributed by atoms with Gasteiger partial charge in [-0.3, -0.25) is 0 Å². The summed E-state index contributed by atoms with van der Waals surface area (Å²) >= 11 is 0. The summed E-state index contributed by atoms with van der Waals surface area (Å²) in [6.45, 7) is 2.31. The summed E-state index contributed by atoms with van der Waals surface area (Å²) in [6.07, 6.45) is 16.1. The van der Waals surface area contributed by atoms with Gasteiger partial charge in [-0.2, -0.15) is 0 Å². The molecule has 1 aromatic carbocycles. The van der Waals surface area contributed by atoms with E-state index < -0.39 is 0 Å². The number of fused-ring (bicyclic) bond motifs is 3. The number of hydrogen-bond acceptors (Lipinski definition) is 0. The maximum Gasteiger partial charge on any atom is -0.00464 e. The molecule has 0 aromatic heterocycles. The van der Waals surface area contributed by atoms with Crippen LogP contribution in [0, 0.1) is 5.41 Å². The zero-order chi connectivity index (χ0) is 13.9. The monoisotopic (exact) mass is 270 g/mol. The van der Waals surface area contributed by atoms with Crippen LogP contribution in [-0.2, 0) is 5.41 Å². The van der Waals surface area contributed by atoms with Crippen molar-refractivity contribution in [2.75, 3.05) is 0 Å². The lowest BCUT2D eigenvalue weighted by molar-refractivity contribution is 0.0305. The van der Waals surface area contributed by atoms with E-state index >= 15 is 0 Å². The second-order valence-electron chi connectivity index (χ2n) is 7.46. The van der Waals surface area contributed by atoms with Crippen LogP contribution >= 0.6 is 0 Å². The van der Waals surface area contributed by atoms with E-state index in [4.69, 9.17) is 0 Å². The summed E-state index contributed by atoms with van der Waals surface area (Å²) in [5.41, 5.74) is 2.91. The highest BCUT2D eigenvalue weighted by atomic mass is 14.5. The molecule has 0 aliphatic heterocycles. The molecule has 1 aromatic rings. The Morgan fingerprint density at radius 1 is 0.800 bits per heavy atom. The first kappa shape index (κ1) is 14.2. The lowest BCUT2D eigenvalue weighted by atomic mass is 9.51. The van der Waals surface area contributed by atoms with Crippen LogP contribution in [0.2, 0.25) is 0 Å². The van der Waals surface area contributed by atoms with Crippen molar-refractivity contribution < 1.29 is 0 Å². The molecular weight excluding hydrogens is 240 g/mol. The summed E-state index contributed by atoms with van der Waals surface area (Å²) in [5, 5.41) is 0. The quantitative estimate of drug-likeness (QED) is 0.536. The van der Waals surface area contributed by atoms with E-state index in [-0.39, 0.29) is 0 Å². The third-order valence-electron chi connectivity index (χ3n) is 6.35. The summed E-state index contributed by atoms with van der Waals surface area (Å²) in [4.78, 5) is 0. The van der Waals surface area contributed by atoms with Crippen LogP contribution in [0.15, 0.2) is 30.3 Å². The van der Waals surface area contributed by atoms with Crippen LogP contribution in [-0.4, -0.2) is 0 Å². The minimum Gasteiger partial charge on any atom is -0.0654 e. The molecular formula is C20H30. The molecule has 0 nitrogen and oxygen atoms in total. The van der Waals surface area contributed by atoms with Gasteiger partial charge < -0.3 is 0 Å². The molecule has 110 valence electrons. The molecule has 0 atom stereocenters. The standard InChI is InChI=1S/C20H30/c1-2-3-4-8-11-19-12-15-20(16-13-19,17-14-19)18-9-6-5-7-10-18/h5-7,9-10H,2-4,8,11-17H2,1H3.